The Kier molecular flexibility index (Phi) is 8.71. The van der Waals surface area contributed by atoms with Gasteiger partial charge in [-0.15, -0.1) is 0 Å². The van der Waals surface area contributed by atoms with Crippen LogP contribution in [0.3, 0.4) is 0 Å². The smallest absolute Gasteiger partial charge is 0.303 e. The minimum Gasteiger partial charge on any atom is -0.456 e. The fraction of sp³-hybridized carbons (Fsp3) is 0.833. The van der Waals surface area contributed by atoms with Crippen molar-refractivity contribution in [2.24, 2.45) is 0 Å². The lowest BCUT2D eigenvalue weighted by molar-refractivity contribution is -0.359. The molecule has 13 nitrogen and oxygen atoms in total. The molecule has 10 atom stereocenters. The van der Waals surface area contributed by atoms with E-state index in [4.69, 9.17) is 28.4 Å². The van der Waals surface area contributed by atoms with Crippen LogP contribution in [-0.2, 0) is 42.8 Å². The van der Waals surface area contributed by atoms with Gasteiger partial charge in [-0.2, -0.15) is 0 Å². The summed E-state index contributed by atoms with van der Waals surface area (Å²) >= 11 is 0. The van der Waals surface area contributed by atoms with Crippen molar-refractivity contribution >= 4 is 17.9 Å². The summed E-state index contributed by atoms with van der Waals surface area (Å²) in [4.78, 5) is 34.8. The van der Waals surface area contributed by atoms with Gasteiger partial charge in [0.25, 0.3) is 0 Å². The molecule has 0 aromatic carbocycles. The quantitative estimate of drug-likeness (QED) is 0.242. The highest BCUT2D eigenvalue weighted by Crippen LogP contribution is 2.32. The van der Waals surface area contributed by atoms with Gasteiger partial charge < -0.3 is 48.8 Å². The number of rotatable bonds is 6. The lowest BCUT2D eigenvalue weighted by atomic mass is 9.97. The van der Waals surface area contributed by atoms with Crippen LogP contribution in [0.2, 0.25) is 0 Å². The van der Waals surface area contributed by atoms with E-state index in [1.165, 1.54) is 6.92 Å². The molecule has 178 valence electrons. The van der Waals surface area contributed by atoms with Crippen LogP contribution in [0.4, 0.5) is 0 Å². The third-order valence-electron chi connectivity index (χ3n) is 4.77. The molecule has 2 fully saturated rings. The topological polar surface area (TPSA) is 188 Å². The SMILES string of the molecule is CC(=O)O[C@@H]1[C@@H](OC(C)=O)[C@H](C)O[C@@H](O[C@@H]2[C@@H](O)[C@H](O)[C@@H](CO)O[C@H]2O)[C@@H]1OC(C)=O. The number of aliphatic hydroxyl groups excluding tert-OH is 4. The first-order valence-electron chi connectivity index (χ1n) is 9.59. The van der Waals surface area contributed by atoms with Crippen molar-refractivity contribution in [1.29, 1.82) is 0 Å². The Balaban J connectivity index is 2.32. The molecule has 0 spiro atoms. The Labute approximate surface area is 177 Å². The Morgan fingerprint density at radius 2 is 1.29 bits per heavy atom. The van der Waals surface area contributed by atoms with E-state index in [0.29, 0.717) is 0 Å². The highest BCUT2D eigenvalue weighted by molar-refractivity contribution is 5.68. The van der Waals surface area contributed by atoms with Crippen molar-refractivity contribution in [3.8, 4) is 0 Å². The highest BCUT2D eigenvalue weighted by atomic mass is 16.8. The minimum absolute atomic E-state index is 0.673. The minimum atomic E-state index is -1.79. The molecule has 0 aromatic heterocycles. The number of ether oxygens (including phenoxy) is 6. The number of esters is 3. The molecule has 0 saturated carbocycles. The molecule has 0 aliphatic carbocycles. The van der Waals surface area contributed by atoms with Crippen molar-refractivity contribution < 1.29 is 63.2 Å². The van der Waals surface area contributed by atoms with Gasteiger partial charge in [0.2, 0.25) is 0 Å². The molecule has 31 heavy (non-hydrogen) atoms. The van der Waals surface area contributed by atoms with E-state index in [9.17, 15) is 34.8 Å². The van der Waals surface area contributed by atoms with E-state index in [-0.39, 0.29) is 0 Å². The second kappa shape index (κ2) is 10.6. The molecular formula is C18H28O13. The van der Waals surface area contributed by atoms with Crippen LogP contribution in [0, 0.1) is 0 Å². The Bertz CT molecular complexity index is 654. The first-order chi connectivity index (χ1) is 14.5. The normalized spacial score (nSPS) is 40.6. The number of hydrogen-bond acceptors (Lipinski definition) is 13. The van der Waals surface area contributed by atoms with Gasteiger partial charge in [-0.1, -0.05) is 0 Å². The van der Waals surface area contributed by atoms with E-state index >= 15 is 0 Å². The molecule has 2 aliphatic heterocycles. The van der Waals surface area contributed by atoms with Crippen LogP contribution >= 0.6 is 0 Å². The van der Waals surface area contributed by atoms with Gasteiger partial charge >= 0.3 is 17.9 Å². The predicted molar refractivity (Wildman–Crippen MR) is 95.8 cm³/mol. The molecule has 13 heteroatoms. The summed E-state index contributed by atoms with van der Waals surface area (Å²) in [6.07, 6.45) is -14.4. The van der Waals surface area contributed by atoms with Crippen molar-refractivity contribution in [3.63, 3.8) is 0 Å². The molecule has 0 unspecified atom stereocenters. The molecule has 0 amide bonds. The van der Waals surface area contributed by atoms with Crippen LogP contribution in [-0.4, -0.2) is 106 Å². The van der Waals surface area contributed by atoms with Crippen LogP contribution < -0.4 is 0 Å². The number of carbonyl (C=O) groups excluding carboxylic acids is 3. The van der Waals surface area contributed by atoms with Gasteiger partial charge in [0.15, 0.2) is 30.9 Å². The van der Waals surface area contributed by atoms with Crippen LogP contribution in [0.5, 0.6) is 0 Å². The van der Waals surface area contributed by atoms with Crippen LogP contribution in [0.15, 0.2) is 0 Å². The third kappa shape index (κ3) is 6.10. The van der Waals surface area contributed by atoms with Gasteiger partial charge in [-0.3, -0.25) is 14.4 Å². The highest BCUT2D eigenvalue weighted by Gasteiger charge is 2.54. The average molecular weight is 452 g/mol. The molecule has 2 heterocycles. The first kappa shape index (κ1) is 25.4. The second-order valence-electron chi connectivity index (χ2n) is 7.26. The zero-order chi connectivity index (χ0) is 23.5. The number of hydrogen-bond donors (Lipinski definition) is 4. The number of aliphatic hydroxyl groups is 4. The van der Waals surface area contributed by atoms with E-state index in [0.717, 1.165) is 20.8 Å². The molecular weight excluding hydrogens is 424 g/mol. The lowest BCUT2D eigenvalue weighted by Crippen LogP contribution is -2.65. The standard InChI is InChI=1S/C18H28O13/c1-6-13(27-7(2)20)15(28-8(3)21)16(29-9(4)22)18(26-6)31-14-12(24)11(23)10(5-19)30-17(14)25/h6,10-19,23-25H,5H2,1-4H3/t6-,10+,11+,12-,13-,14+,15+,16+,17+,18-/m0/s1. The van der Waals surface area contributed by atoms with Crippen molar-refractivity contribution in [2.75, 3.05) is 6.61 Å². The van der Waals surface area contributed by atoms with Gasteiger partial charge in [-0.05, 0) is 6.92 Å². The van der Waals surface area contributed by atoms with Crippen molar-refractivity contribution in [2.45, 2.75) is 89.1 Å². The second-order valence-corrected chi connectivity index (χ2v) is 7.26. The van der Waals surface area contributed by atoms with Crippen molar-refractivity contribution in [1.82, 2.24) is 0 Å². The fourth-order valence-corrected chi connectivity index (χ4v) is 3.45. The monoisotopic (exact) mass is 452 g/mol. The average Bonchev–Trinajstić information content (AvgIpc) is 2.66. The molecule has 4 N–H and O–H groups in total. The fourth-order valence-electron chi connectivity index (χ4n) is 3.45. The van der Waals surface area contributed by atoms with Crippen LogP contribution in [0.25, 0.3) is 0 Å². The third-order valence-corrected chi connectivity index (χ3v) is 4.77. The van der Waals surface area contributed by atoms with E-state index in [2.05, 4.69) is 0 Å². The molecule has 0 bridgehead atoms. The maximum atomic E-state index is 11.7. The Hall–Kier alpha value is -1.87. The Morgan fingerprint density at radius 3 is 1.81 bits per heavy atom. The maximum absolute atomic E-state index is 11.7. The van der Waals surface area contributed by atoms with Gasteiger partial charge in [0.05, 0.1) is 12.7 Å². The van der Waals surface area contributed by atoms with E-state index in [1.807, 2.05) is 0 Å². The zero-order valence-corrected chi connectivity index (χ0v) is 17.4. The van der Waals surface area contributed by atoms with Crippen LogP contribution in [0.1, 0.15) is 27.7 Å². The van der Waals surface area contributed by atoms with Gasteiger partial charge in [0.1, 0.15) is 24.4 Å². The summed E-state index contributed by atoms with van der Waals surface area (Å²) in [6, 6.07) is 0. The van der Waals surface area contributed by atoms with Gasteiger partial charge in [0, 0.05) is 20.8 Å². The molecule has 0 aromatic rings. The lowest BCUT2D eigenvalue weighted by Gasteiger charge is -2.46. The van der Waals surface area contributed by atoms with E-state index < -0.39 is 85.9 Å². The zero-order valence-electron chi connectivity index (χ0n) is 17.4. The summed E-state index contributed by atoms with van der Waals surface area (Å²) in [6.45, 7) is 4.11. The summed E-state index contributed by atoms with van der Waals surface area (Å²) < 4.78 is 31.8. The predicted octanol–water partition coefficient (Wildman–Crippen LogP) is -2.66. The first-order valence-corrected chi connectivity index (χ1v) is 9.59. The van der Waals surface area contributed by atoms with E-state index in [1.54, 1.807) is 0 Å². The molecule has 2 aliphatic rings. The molecule has 2 rings (SSSR count). The summed E-state index contributed by atoms with van der Waals surface area (Å²) in [7, 11) is 0. The summed E-state index contributed by atoms with van der Waals surface area (Å²) in [5.74, 6) is -2.28. The molecule has 2 saturated heterocycles. The Morgan fingerprint density at radius 1 is 0.774 bits per heavy atom. The van der Waals surface area contributed by atoms with Crippen molar-refractivity contribution in [3.05, 3.63) is 0 Å². The summed E-state index contributed by atoms with van der Waals surface area (Å²) in [5.41, 5.74) is 0. The molecule has 0 radical (unpaired) electrons. The van der Waals surface area contributed by atoms with Gasteiger partial charge in [-0.25, -0.2) is 0 Å². The summed E-state index contributed by atoms with van der Waals surface area (Å²) in [5, 5.41) is 39.7. The number of carbonyl (C=O) groups is 3. The largest absolute Gasteiger partial charge is 0.456 e. The maximum Gasteiger partial charge on any atom is 0.303 e.